The van der Waals surface area contributed by atoms with Gasteiger partial charge in [0.1, 0.15) is 5.65 Å². The second-order valence-electron chi connectivity index (χ2n) is 12.6. The van der Waals surface area contributed by atoms with E-state index in [1.54, 1.807) is 0 Å². The SMILES string of the molecule is CC1(C)c2cc(-n3c4ccccc4c4cccnc43)ccc2-c2cccc(-c3nc(-c4ccccc4)nc(-c4ccc(P)cc4)n3)c21. The van der Waals surface area contributed by atoms with Gasteiger partial charge in [0.15, 0.2) is 17.5 Å². The summed E-state index contributed by atoms with van der Waals surface area (Å²) in [6.07, 6.45) is 1.87. The van der Waals surface area contributed by atoms with E-state index in [0.29, 0.717) is 17.5 Å². The highest BCUT2D eigenvalue weighted by atomic mass is 31.0. The Balaban J connectivity index is 1.23. The van der Waals surface area contributed by atoms with Crippen molar-refractivity contribution in [2.24, 2.45) is 0 Å². The Bertz CT molecular complexity index is 2440. The fourth-order valence-corrected chi connectivity index (χ4v) is 7.42. The fraction of sp³-hybridized carbons (Fsp3) is 0.0732. The summed E-state index contributed by atoms with van der Waals surface area (Å²) in [5.41, 5.74) is 10.8. The number of pyridine rings is 1. The van der Waals surface area contributed by atoms with Crippen LogP contribution >= 0.6 is 9.24 Å². The van der Waals surface area contributed by atoms with E-state index in [0.717, 1.165) is 44.2 Å². The van der Waals surface area contributed by atoms with E-state index in [1.807, 2.05) is 30.5 Å². The number of benzene rings is 5. The van der Waals surface area contributed by atoms with Gasteiger partial charge in [-0.15, -0.1) is 9.24 Å². The van der Waals surface area contributed by atoms with Crippen LogP contribution in [0.3, 0.4) is 0 Å². The van der Waals surface area contributed by atoms with Gasteiger partial charge in [-0.1, -0.05) is 111 Å². The summed E-state index contributed by atoms with van der Waals surface area (Å²) in [5, 5.41) is 3.47. The Kier molecular flexibility index (Phi) is 6.21. The Morgan fingerprint density at radius 3 is 2.06 bits per heavy atom. The molecule has 3 aromatic heterocycles. The van der Waals surface area contributed by atoms with E-state index >= 15 is 0 Å². The van der Waals surface area contributed by atoms with Crippen LogP contribution in [0, 0.1) is 0 Å². The number of rotatable bonds is 4. The van der Waals surface area contributed by atoms with E-state index in [2.05, 4.69) is 131 Å². The highest BCUT2D eigenvalue weighted by Crippen LogP contribution is 2.52. The van der Waals surface area contributed by atoms with Crippen molar-refractivity contribution in [2.75, 3.05) is 0 Å². The number of nitrogens with zero attached hydrogens (tertiary/aromatic N) is 5. The summed E-state index contributed by atoms with van der Waals surface area (Å²) in [6, 6.07) is 44.5. The molecule has 224 valence electrons. The van der Waals surface area contributed by atoms with Gasteiger partial charge in [0.05, 0.1) is 5.52 Å². The highest BCUT2D eigenvalue weighted by molar-refractivity contribution is 7.27. The molecule has 9 rings (SSSR count). The van der Waals surface area contributed by atoms with Gasteiger partial charge in [-0.05, 0) is 57.9 Å². The monoisotopic (exact) mass is 623 g/mol. The first kappa shape index (κ1) is 27.8. The molecule has 47 heavy (non-hydrogen) atoms. The first-order valence-corrected chi connectivity index (χ1v) is 16.4. The number of para-hydroxylation sites is 1. The van der Waals surface area contributed by atoms with Crippen molar-refractivity contribution in [3.05, 3.63) is 145 Å². The first-order chi connectivity index (χ1) is 23.0. The third-order valence-electron chi connectivity index (χ3n) is 9.43. The Morgan fingerprint density at radius 2 is 1.26 bits per heavy atom. The van der Waals surface area contributed by atoms with Crippen LogP contribution in [-0.4, -0.2) is 24.5 Å². The summed E-state index contributed by atoms with van der Waals surface area (Å²) in [4.78, 5) is 20.0. The number of hydrogen-bond donors (Lipinski definition) is 0. The summed E-state index contributed by atoms with van der Waals surface area (Å²) < 4.78 is 2.29. The molecular weight excluding hydrogens is 593 g/mol. The molecular formula is C41H30N5P. The van der Waals surface area contributed by atoms with Crippen molar-refractivity contribution in [1.29, 1.82) is 0 Å². The van der Waals surface area contributed by atoms with Crippen molar-refractivity contribution in [2.45, 2.75) is 19.3 Å². The van der Waals surface area contributed by atoms with E-state index < -0.39 is 0 Å². The molecule has 0 spiro atoms. The number of aromatic nitrogens is 5. The number of hydrogen-bond acceptors (Lipinski definition) is 4. The first-order valence-electron chi connectivity index (χ1n) is 15.8. The molecule has 0 aliphatic heterocycles. The molecule has 0 bridgehead atoms. The zero-order valence-electron chi connectivity index (χ0n) is 26.0. The average Bonchev–Trinajstić information content (AvgIpc) is 3.57. The molecule has 1 aliphatic carbocycles. The van der Waals surface area contributed by atoms with E-state index in [1.165, 1.54) is 27.6 Å². The summed E-state index contributed by atoms with van der Waals surface area (Å²) in [6.45, 7) is 4.62. The van der Waals surface area contributed by atoms with Crippen LogP contribution in [0.1, 0.15) is 25.0 Å². The Labute approximate surface area is 275 Å². The van der Waals surface area contributed by atoms with Gasteiger partial charge in [0, 0.05) is 44.8 Å². The Hall–Kier alpha value is -5.51. The second-order valence-corrected chi connectivity index (χ2v) is 13.3. The average molecular weight is 624 g/mol. The number of fused-ring (bicyclic) bond motifs is 6. The van der Waals surface area contributed by atoms with Crippen LogP contribution in [-0.2, 0) is 5.41 Å². The molecule has 5 nitrogen and oxygen atoms in total. The van der Waals surface area contributed by atoms with Crippen molar-refractivity contribution in [1.82, 2.24) is 24.5 Å². The summed E-state index contributed by atoms with van der Waals surface area (Å²) >= 11 is 0. The fourth-order valence-electron chi connectivity index (χ4n) is 7.23. The van der Waals surface area contributed by atoms with Crippen molar-refractivity contribution in [3.8, 4) is 51.0 Å². The zero-order chi connectivity index (χ0) is 31.7. The molecule has 0 N–H and O–H groups in total. The molecule has 1 atom stereocenters. The van der Waals surface area contributed by atoms with Gasteiger partial charge in [-0.2, -0.15) is 0 Å². The lowest BCUT2D eigenvalue weighted by molar-refractivity contribution is 0.660. The smallest absolute Gasteiger partial charge is 0.164 e. The minimum atomic E-state index is -0.315. The molecule has 0 saturated heterocycles. The van der Waals surface area contributed by atoms with Gasteiger partial charge < -0.3 is 0 Å². The molecule has 1 unspecified atom stereocenters. The summed E-state index contributed by atoms with van der Waals surface area (Å²) in [7, 11) is 2.75. The summed E-state index contributed by atoms with van der Waals surface area (Å²) in [5.74, 6) is 1.99. The topological polar surface area (TPSA) is 56.5 Å². The highest BCUT2D eigenvalue weighted by Gasteiger charge is 2.38. The van der Waals surface area contributed by atoms with Crippen molar-refractivity contribution in [3.63, 3.8) is 0 Å². The Morgan fingerprint density at radius 1 is 0.574 bits per heavy atom. The largest absolute Gasteiger partial charge is 0.294 e. The third-order valence-corrected chi connectivity index (χ3v) is 9.81. The molecule has 5 aromatic carbocycles. The van der Waals surface area contributed by atoms with Crippen LogP contribution in [0.5, 0.6) is 0 Å². The molecule has 0 fully saturated rings. The lowest BCUT2D eigenvalue weighted by atomic mass is 9.80. The molecule has 0 radical (unpaired) electrons. The predicted octanol–water partition coefficient (Wildman–Crippen LogP) is 9.17. The lowest BCUT2D eigenvalue weighted by Gasteiger charge is -2.24. The van der Waals surface area contributed by atoms with Crippen molar-refractivity contribution < 1.29 is 0 Å². The third kappa shape index (κ3) is 4.35. The van der Waals surface area contributed by atoms with Gasteiger partial charge in [0.2, 0.25) is 0 Å². The maximum Gasteiger partial charge on any atom is 0.164 e. The zero-order valence-corrected chi connectivity index (χ0v) is 27.2. The minimum absolute atomic E-state index is 0.315. The second kappa shape index (κ2) is 10.5. The van der Waals surface area contributed by atoms with Gasteiger partial charge >= 0.3 is 0 Å². The molecule has 3 heterocycles. The van der Waals surface area contributed by atoms with Crippen LogP contribution in [0.2, 0.25) is 0 Å². The van der Waals surface area contributed by atoms with Crippen molar-refractivity contribution >= 4 is 36.5 Å². The predicted molar refractivity (Wildman–Crippen MR) is 195 cm³/mol. The van der Waals surface area contributed by atoms with Gasteiger partial charge in [-0.3, -0.25) is 4.57 Å². The quantitative estimate of drug-likeness (QED) is 0.184. The molecule has 6 heteroatoms. The molecule has 0 amide bonds. The van der Waals surface area contributed by atoms with Gasteiger partial charge in [-0.25, -0.2) is 19.9 Å². The molecule has 8 aromatic rings. The molecule has 0 saturated carbocycles. The maximum atomic E-state index is 5.12. The van der Waals surface area contributed by atoms with E-state index in [4.69, 9.17) is 19.9 Å². The van der Waals surface area contributed by atoms with Crippen LogP contribution in [0.25, 0.3) is 72.9 Å². The van der Waals surface area contributed by atoms with Crippen LogP contribution in [0.15, 0.2) is 134 Å². The van der Waals surface area contributed by atoms with Crippen LogP contribution < -0.4 is 5.30 Å². The van der Waals surface area contributed by atoms with Crippen LogP contribution in [0.4, 0.5) is 0 Å². The lowest BCUT2D eigenvalue weighted by Crippen LogP contribution is -2.17. The molecule has 1 aliphatic rings. The van der Waals surface area contributed by atoms with E-state index in [9.17, 15) is 0 Å². The van der Waals surface area contributed by atoms with Gasteiger partial charge in [0.25, 0.3) is 0 Å². The minimum Gasteiger partial charge on any atom is -0.294 e. The van der Waals surface area contributed by atoms with E-state index in [-0.39, 0.29) is 5.41 Å². The normalized spacial score (nSPS) is 13.2. The standard InChI is InChI=1S/C41H30N5P/c1-41(2)34-24-27(46-35-16-7-6-12-30(35)32-15-9-23-42-40(32)46)19-22-29(34)31-13-8-14-33(36(31)41)39-44-37(25-10-4-3-5-11-25)43-38(45-39)26-17-20-28(47)21-18-26/h3-24H,47H2,1-2H3. The maximum absolute atomic E-state index is 5.12.